The Hall–Kier alpha value is -1.67. The normalized spacial score (nSPS) is 17.7. The van der Waals surface area contributed by atoms with Crippen molar-refractivity contribution in [1.82, 2.24) is 14.9 Å². The molecule has 1 atom stereocenters. The van der Waals surface area contributed by atoms with Crippen LogP contribution in [-0.4, -0.2) is 53.8 Å². The van der Waals surface area contributed by atoms with E-state index >= 15 is 0 Å². The molecule has 23 heavy (non-hydrogen) atoms. The Labute approximate surface area is 133 Å². The highest BCUT2D eigenvalue weighted by atomic mass is 19.4. The zero-order valence-electron chi connectivity index (χ0n) is 12.8. The van der Waals surface area contributed by atoms with Gasteiger partial charge in [-0.2, -0.15) is 18.2 Å². The minimum Gasteiger partial charge on any atom is -0.459 e. The van der Waals surface area contributed by atoms with Gasteiger partial charge in [0, 0.05) is 25.8 Å². The number of nitrogens with zero attached hydrogens (tertiary/aromatic N) is 3. The lowest BCUT2D eigenvalue weighted by atomic mass is 10.2. The second-order valence-corrected chi connectivity index (χ2v) is 5.24. The fraction of sp³-hybridized carbons (Fsp3) is 0.600. The van der Waals surface area contributed by atoms with E-state index < -0.39 is 11.9 Å². The molecular weight excluding hydrogens is 311 g/mol. The van der Waals surface area contributed by atoms with Gasteiger partial charge >= 0.3 is 12.2 Å². The second kappa shape index (κ2) is 8.26. The van der Waals surface area contributed by atoms with Crippen LogP contribution in [0.4, 0.5) is 13.2 Å². The number of hydrogen-bond donors (Lipinski definition) is 0. The molecule has 0 bridgehead atoms. The fourth-order valence-corrected chi connectivity index (χ4v) is 2.27. The van der Waals surface area contributed by atoms with Crippen LogP contribution in [0, 0.1) is 0 Å². The molecule has 8 heteroatoms. The highest BCUT2D eigenvalue weighted by molar-refractivity contribution is 5.09. The fourth-order valence-electron chi connectivity index (χ4n) is 2.27. The molecule has 2 heterocycles. The van der Waals surface area contributed by atoms with Crippen molar-refractivity contribution in [2.24, 2.45) is 0 Å². The molecule has 1 unspecified atom stereocenters. The average Bonchev–Trinajstić information content (AvgIpc) is 2.53. The SMILES string of the molecule is C=CCCC(CN1CCOCC1)Oc1nccc(C(F)(F)F)n1. The smallest absolute Gasteiger partial charge is 0.433 e. The number of halogens is 3. The Morgan fingerprint density at radius 3 is 2.78 bits per heavy atom. The number of ether oxygens (including phenoxy) is 2. The van der Waals surface area contributed by atoms with Crippen molar-refractivity contribution in [1.29, 1.82) is 0 Å². The van der Waals surface area contributed by atoms with Crippen LogP contribution in [0.3, 0.4) is 0 Å². The van der Waals surface area contributed by atoms with Gasteiger partial charge in [-0.25, -0.2) is 4.98 Å². The Balaban J connectivity index is 2.02. The van der Waals surface area contributed by atoms with Gasteiger partial charge in [-0.15, -0.1) is 6.58 Å². The molecule has 1 aromatic rings. The lowest BCUT2D eigenvalue weighted by Gasteiger charge is -2.30. The standard InChI is InChI=1S/C15H20F3N3O2/c1-2-3-4-12(11-21-7-9-22-10-8-21)23-14-19-6-5-13(20-14)15(16,17)18/h2,5-6,12H,1,3-4,7-11H2. The third-order valence-corrected chi connectivity index (χ3v) is 3.45. The molecule has 0 N–H and O–H groups in total. The lowest BCUT2D eigenvalue weighted by Crippen LogP contribution is -2.42. The maximum absolute atomic E-state index is 12.7. The maximum Gasteiger partial charge on any atom is 0.433 e. The molecule has 0 aromatic carbocycles. The summed E-state index contributed by atoms with van der Waals surface area (Å²) in [6.45, 7) is 7.10. The average molecular weight is 331 g/mol. The van der Waals surface area contributed by atoms with Crippen molar-refractivity contribution < 1.29 is 22.6 Å². The van der Waals surface area contributed by atoms with Gasteiger partial charge in [0.05, 0.1) is 13.2 Å². The van der Waals surface area contributed by atoms with Gasteiger partial charge < -0.3 is 9.47 Å². The van der Waals surface area contributed by atoms with Crippen LogP contribution in [0.2, 0.25) is 0 Å². The Morgan fingerprint density at radius 1 is 1.39 bits per heavy atom. The van der Waals surface area contributed by atoms with E-state index in [9.17, 15) is 13.2 Å². The predicted octanol–water partition coefficient (Wildman–Crippen LogP) is 2.54. The molecule has 128 valence electrons. The molecular formula is C15H20F3N3O2. The van der Waals surface area contributed by atoms with E-state index in [-0.39, 0.29) is 12.1 Å². The van der Waals surface area contributed by atoms with Gasteiger partial charge in [0.15, 0.2) is 5.69 Å². The summed E-state index contributed by atoms with van der Waals surface area (Å²) in [5.41, 5.74) is -1.00. The summed E-state index contributed by atoms with van der Waals surface area (Å²) in [7, 11) is 0. The highest BCUT2D eigenvalue weighted by Gasteiger charge is 2.33. The van der Waals surface area contributed by atoms with Crippen LogP contribution in [0.15, 0.2) is 24.9 Å². The van der Waals surface area contributed by atoms with E-state index in [1.165, 1.54) is 0 Å². The minimum atomic E-state index is -4.51. The summed E-state index contributed by atoms with van der Waals surface area (Å²) in [6, 6.07) is 0.579. The molecule has 1 saturated heterocycles. The van der Waals surface area contributed by atoms with E-state index in [0.29, 0.717) is 32.6 Å². The number of rotatable bonds is 7. The molecule has 2 rings (SSSR count). The summed E-state index contributed by atoms with van der Waals surface area (Å²) in [6.07, 6.45) is -0.654. The van der Waals surface area contributed by atoms with E-state index in [4.69, 9.17) is 9.47 Å². The molecule has 0 spiro atoms. The Kier molecular flexibility index (Phi) is 6.35. The number of hydrogen-bond acceptors (Lipinski definition) is 5. The highest BCUT2D eigenvalue weighted by Crippen LogP contribution is 2.28. The zero-order valence-corrected chi connectivity index (χ0v) is 12.8. The van der Waals surface area contributed by atoms with Crippen molar-refractivity contribution >= 4 is 0 Å². The third-order valence-electron chi connectivity index (χ3n) is 3.45. The summed E-state index contributed by atoms with van der Waals surface area (Å²) in [5, 5.41) is 0. The number of morpholine rings is 1. The topological polar surface area (TPSA) is 47.5 Å². The summed E-state index contributed by atoms with van der Waals surface area (Å²) in [5.74, 6) is 0. The molecule has 0 radical (unpaired) electrons. The van der Waals surface area contributed by atoms with E-state index in [1.54, 1.807) is 6.08 Å². The largest absolute Gasteiger partial charge is 0.459 e. The summed E-state index contributed by atoms with van der Waals surface area (Å²) >= 11 is 0. The minimum absolute atomic E-state index is 0.248. The van der Waals surface area contributed by atoms with Crippen molar-refractivity contribution in [2.45, 2.75) is 25.1 Å². The quantitative estimate of drug-likeness (QED) is 0.719. The second-order valence-electron chi connectivity index (χ2n) is 5.24. The van der Waals surface area contributed by atoms with Gasteiger partial charge in [-0.1, -0.05) is 6.08 Å². The van der Waals surface area contributed by atoms with E-state index in [1.807, 2.05) is 0 Å². The van der Waals surface area contributed by atoms with Gasteiger partial charge in [-0.3, -0.25) is 4.90 Å². The zero-order chi connectivity index (χ0) is 16.7. The van der Waals surface area contributed by atoms with Crippen molar-refractivity contribution in [3.8, 4) is 6.01 Å². The molecule has 1 aliphatic rings. The maximum atomic E-state index is 12.7. The molecule has 0 amide bonds. The molecule has 1 aromatic heterocycles. The summed E-state index contributed by atoms with van der Waals surface area (Å²) in [4.78, 5) is 9.41. The van der Waals surface area contributed by atoms with Crippen molar-refractivity contribution in [2.75, 3.05) is 32.8 Å². The monoisotopic (exact) mass is 331 g/mol. The Bertz CT molecular complexity index is 505. The van der Waals surface area contributed by atoms with Crippen LogP contribution in [0.1, 0.15) is 18.5 Å². The predicted molar refractivity (Wildman–Crippen MR) is 78.1 cm³/mol. The number of aromatic nitrogens is 2. The summed E-state index contributed by atoms with van der Waals surface area (Å²) < 4.78 is 49.0. The molecule has 5 nitrogen and oxygen atoms in total. The van der Waals surface area contributed by atoms with E-state index in [2.05, 4.69) is 21.4 Å². The number of alkyl halides is 3. The van der Waals surface area contributed by atoms with Crippen molar-refractivity contribution in [3.05, 3.63) is 30.6 Å². The third kappa shape index (κ3) is 5.80. The van der Waals surface area contributed by atoms with Crippen LogP contribution in [0.5, 0.6) is 6.01 Å². The van der Waals surface area contributed by atoms with Crippen molar-refractivity contribution in [3.63, 3.8) is 0 Å². The van der Waals surface area contributed by atoms with E-state index in [0.717, 1.165) is 25.4 Å². The first-order valence-corrected chi connectivity index (χ1v) is 7.47. The van der Waals surface area contributed by atoms with Gasteiger partial charge in [0.1, 0.15) is 6.10 Å². The molecule has 0 aliphatic carbocycles. The van der Waals surface area contributed by atoms with Gasteiger partial charge in [-0.05, 0) is 18.9 Å². The van der Waals surface area contributed by atoms with Crippen LogP contribution in [0.25, 0.3) is 0 Å². The van der Waals surface area contributed by atoms with Crippen LogP contribution in [-0.2, 0) is 10.9 Å². The van der Waals surface area contributed by atoms with Gasteiger partial charge in [0.2, 0.25) is 0 Å². The molecule has 1 aliphatic heterocycles. The first-order valence-electron chi connectivity index (χ1n) is 7.47. The molecule has 1 fully saturated rings. The lowest BCUT2D eigenvalue weighted by molar-refractivity contribution is -0.141. The first kappa shape index (κ1) is 17.7. The Morgan fingerprint density at radius 2 is 2.13 bits per heavy atom. The van der Waals surface area contributed by atoms with Crippen LogP contribution < -0.4 is 4.74 Å². The molecule has 0 saturated carbocycles. The van der Waals surface area contributed by atoms with Crippen LogP contribution >= 0.6 is 0 Å². The number of allylic oxidation sites excluding steroid dienone is 1. The van der Waals surface area contributed by atoms with Gasteiger partial charge in [0.25, 0.3) is 0 Å². The first-order chi connectivity index (χ1) is 11.0.